The summed E-state index contributed by atoms with van der Waals surface area (Å²) in [5.74, 6) is -0.867. The predicted octanol–water partition coefficient (Wildman–Crippen LogP) is 4.65. The van der Waals surface area contributed by atoms with Crippen LogP contribution in [0.2, 0.25) is 0 Å². The summed E-state index contributed by atoms with van der Waals surface area (Å²) in [6.07, 6.45) is 3.44. The molecule has 1 rings (SSSR count). The third kappa shape index (κ3) is 4.75. The van der Waals surface area contributed by atoms with Crippen LogP contribution in [0.3, 0.4) is 0 Å². The molecule has 0 spiro atoms. The fraction of sp³-hybridized carbons (Fsp3) is 0.350. The van der Waals surface area contributed by atoms with Gasteiger partial charge >= 0.3 is 5.97 Å². The first kappa shape index (κ1) is 19.6. The molecule has 0 saturated carbocycles. The van der Waals surface area contributed by atoms with Gasteiger partial charge in [-0.1, -0.05) is 36.4 Å². The van der Waals surface area contributed by atoms with Crippen molar-refractivity contribution >= 4 is 11.5 Å². The molecule has 0 aliphatic rings. The highest BCUT2D eigenvalue weighted by molar-refractivity contribution is 5.89. The van der Waals surface area contributed by atoms with E-state index in [0.29, 0.717) is 28.7 Å². The van der Waals surface area contributed by atoms with Gasteiger partial charge in [0, 0.05) is 17.6 Å². The minimum Gasteiger partial charge on any atom is -0.504 e. The SMILES string of the molecule is C=C(c1ccc(C)c(O)c1O)[C@H](CC=C(C)C)OC(=O)C(C)=CC. The van der Waals surface area contributed by atoms with Gasteiger partial charge in [-0.2, -0.15) is 0 Å². The van der Waals surface area contributed by atoms with Crippen LogP contribution in [0, 0.1) is 6.92 Å². The van der Waals surface area contributed by atoms with Crippen LogP contribution in [0.15, 0.2) is 42.0 Å². The summed E-state index contributed by atoms with van der Waals surface area (Å²) in [6, 6.07) is 3.35. The van der Waals surface area contributed by atoms with Crippen LogP contribution in [-0.4, -0.2) is 22.3 Å². The molecular formula is C20H26O4. The Kier molecular flexibility index (Phi) is 6.83. The zero-order valence-electron chi connectivity index (χ0n) is 15.0. The Labute approximate surface area is 143 Å². The first-order valence-corrected chi connectivity index (χ1v) is 7.87. The molecule has 0 bridgehead atoms. The van der Waals surface area contributed by atoms with E-state index in [9.17, 15) is 15.0 Å². The van der Waals surface area contributed by atoms with Crippen LogP contribution in [0.1, 0.15) is 45.2 Å². The van der Waals surface area contributed by atoms with Gasteiger partial charge in [0.2, 0.25) is 0 Å². The van der Waals surface area contributed by atoms with Crippen molar-refractivity contribution in [3.63, 3.8) is 0 Å². The van der Waals surface area contributed by atoms with Gasteiger partial charge in [0.25, 0.3) is 0 Å². The van der Waals surface area contributed by atoms with E-state index in [1.807, 2.05) is 19.9 Å². The number of hydrogen-bond acceptors (Lipinski definition) is 4. The van der Waals surface area contributed by atoms with E-state index in [0.717, 1.165) is 5.57 Å². The van der Waals surface area contributed by atoms with Crippen molar-refractivity contribution < 1.29 is 19.7 Å². The molecule has 130 valence electrons. The predicted molar refractivity (Wildman–Crippen MR) is 96.9 cm³/mol. The molecule has 0 saturated heterocycles. The maximum absolute atomic E-state index is 12.1. The number of hydrogen-bond donors (Lipinski definition) is 2. The third-order valence-electron chi connectivity index (χ3n) is 3.83. The second kappa shape index (κ2) is 8.39. The monoisotopic (exact) mass is 330 g/mol. The summed E-state index contributed by atoms with van der Waals surface area (Å²) in [7, 11) is 0. The van der Waals surface area contributed by atoms with Crippen molar-refractivity contribution in [1.29, 1.82) is 0 Å². The molecule has 0 radical (unpaired) electrons. The van der Waals surface area contributed by atoms with Crippen LogP contribution in [0.25, 0.3) is 5.57 Å². The van der Waals surface area contributed by atoms with E-state index in [1.54, 1.807) is 39.0 Å². The summed E-state index contributed by atoms with van der Waals surface area (Å²) in [4.78, 5) is 12.1. The Morgan fingerprint density at radius 3 is 2.42 bits per heavy atom. The lowest BCUT2D eigenvalue weighted by atomic mass is 9.96. The molecule has 0 aliphatic carbocycles. The van der Waals surface area contributed by atoms with E-state index in [1.165, 1.54) is 0 Å². The van der Waals surface area contributed by atoms with Crippen molar-refractivity contribution in [2.24, 2.45) is 0 Å². The van der Waals surface area contributed by atoms with Crippen LogP contribution in [-0.2, 0) is 9.53 Å². The molecule has 0 amide bonds. The van der Waals surface area contributed by atoms with Gasteiger partial charge in [0.1, 0.15) is 6.10 Å². The molecule has 0 aromatic heterocycles. The van der Waals surface area contributed by atoms with Gasteiger partial charge in [-0.25, -0.2) is 4.79 Å². The molecule has 0 unspecified atom stereocenters. The number of carbonyl (C=O) groups excluding carboxylic acids is 1. The van der Waals surface area contributed by atoms with Crippen molar-refractivity contribution in [3.05, 3.63) is 53.1 Å². The zero-order chi connectivity index (χ0) is 18.4. The Morgan fingerprint density at radius 1 is 1.25 bits per heavy atom. The molecule has 0 aliphatic heterocycles. The third-order valence-corrected chi connectivity index (χ3v) is 3.83. The summed E-state index contributed by atoms with van der Waals surface area (Å²) in [5.41, 5.74) is 2.96. The first-order chi connectivity index (χ1) is 11.2. The van der Waals surface area contributed by atoms with E-state index >= 15 is 0 Å². The molecule has 0 fully saturated rings. The quantitative estimate of drug-likeness (QED) is 0.345. The number of rotatable bonds is 6. The van der Waals surface area contributed by atoms with Crippen molar-refractivity contribution in [1.82, 2.24) is 0 Å². The number of esters is 1. The molecule has 0 heterocycles. The van der Waals surface area contributed by atoms with E-state index in [-0.39, 0.29) is 11.5 Å². The maximum Gasteiger partial charge on any atom is 0.333 e. The average molecular weight is 330 g/mol. The molecule has 1 aromatic rings. The number of phenolic OH excluding ortho intramolecular Hbond substituents is 2. The Morgan fingerprint density at radius 2 is 1.88 bits per heavy atom. The van der Waals surface area contributed by atoms with E-state index in [2.05, 4.69) is 6.58 Å². The number of phenols is 2. The van der Waals surface area contributed by atoms with Crippen LogP contribution in [0.5, 0.6) is 11.5 Å². The van der Waals surface area contributed by atoms with E-state index < -0.39 is 12.1 Å². The average Bonchev–Trinajstić information content (AvgIpc) is 2.54. The minimum atomic E-state index is -0.629. The van der Waals surface area contributed by atoms with Crippen molar-refractivity contribution in [2.45, 2.75) is 47.1 Å². The van der Waals surface area contributed by atoms with Gasteiger partial charge in [-0.3, -0.25) is 0 Å². The Balaban J connectivity index is 3.19. The summed E-state index contributed by atoms with van der Waals surface area (Å²) < 4.78 is 5.55. The second-order valence-corrected chi connectivity index (χ2v) is 6.04. The van der Waals surface area contributed by atoms with Crippen molar-refractivity contribution in [2.75, 3.05) is 0 Å². The highest BCUT2D eigenvalue weighted by Crippen LogP contribution is 2.37. The molecule has 1 aromatic carbocycles. The molecule has 24 heavy (non-hydrogen) atoms. The summed E-state index contributed by atoms with van der Waals surface area (Å²) >= 11 is 0. The molecule has 1 atom stereocenters. The van der Waals surface area contributed by atoms with E-state index in [4.69, 9.17) is 4.74 Å². The lowest BCUT2D eigenvalue weighted by Crippen LogP contribution is -2.20. The number of allylic oxidation sites excluding steroid dienone is 2. The van der Waals surface area contributed by atoms with Crippen molar-refractivity contribution in [3.8, 4) is 11.5 Å². The fourth-order valence-corrected chi connectivity index (χ4v) is 2.06. The van der Waals surface area contributed by atoms with Crippen LogP contribution in [0.4, 0.5) is 0 Å². The first-order valence-electron chi connectivity index (χ1n) is 7.87. The molecular weight excluding hydrogens is 304 g/mol. The summed E-state index contributed by atoms with van der Waals surface area (Å²) in [5, 5.41) is 20.1. The van der Waals surface area contributed by atoms with Crippen LogP contribution >= 0.6 is 0 Å². The fourth-order valence-electron chi connectivity index (χ4n) is 2.06. The van der Waals surface area contributed by atoms with Gasteiger partial charge in [-0.15, -0.1) is 0 Å². The lowest BCUT2D eigenvalue weighted by molar-refractivity contribution is -0.141. The largest absolute Gasteiger partial charge is 0.504 e. The highest BCUT2D eigenvalue weighted by atomic mass is 16.5. The summed E-state index contributed by atoms with van der Waals surface area (Å²) in [6.45, 7) is 13.0. The smallest absolute Gasteiger partial charge is 0.333 e. The number of aromatic hydroxyl groups is 2. The molecule has 4 heteroatoms. The Bertz CT molecular complexity index is 692. The molecule has 2 N–H and O–H groups in total. The number of aryl methyl sites for hydroxylation is 1. The van der Waals surface area contributed by atoms with Gasteiger partial charge in [0.15, 0.2) is 11.5 Å². The van der Waals surface area contributed by atoms with Gasteiger partial charge in [-0.05, 0) is 45.8 Å². The standard InChI is InChI=1S/C20H26O4/c1-7-13(4)20(23)24-17(11-8-12(2)3)15(6)16-10-9-14(5)18(21)19(16)22/h7-10,17,21-22H,6,11H2,1-5H3/t17-/m0/s1. The topological polar surface area (TPSA) is 66.8 Å². The number of carbonyl (C=O) groups is 1. The highest BCUT2D eigenvalue weighted by Gasteiger charge is 2.22. The number of ether oxygens (including phenoxy) is 1. The molecule has 4 nitrogen and oxygen atoms in total. The Hall–Kier alpha value is -2.49. The normalized spacial score (nSPS) is 12.5. The zero-order valence-corrected chi connectivity index (χ0v) is 15.0. The van der Waals surface area contributed by atoms with Crippen LogP contribution < -0.4 is 0 Å². The minimum absolute atomic E-state index is 0.189. The van der Waals surface area contributed by atoms with Gasteiger partial charge in [0.05, 0.1) is 0 Å². The maximum atomic E-state index is 12.1. The second-order valence-electron chi connectivity index (χ2n) is 6.04. The van der Waals surface area contributed by atoms with Gasteiger partial charge < -0.3 is 14.9 Å². The number of benzene rings is 1. The lowest BCUT2D eigenvalue weighted by Gasteiger charge is -2.21.